The van der Waals surface area contributed by atoms with Crippen LogP contribution in [0.4, 0.5) is 5.13 Å². The summed E-state index contributed by atoms with van der Waals surface area (Å²) in [6.45, 7) is 1.37. The Bertz CT molecular complexity index is 1240. The lowest BCUT2D eigenvalue weighted by molar-refractivity contribution is -0.118. The van der Waals surface area contributed by atoms with Crippen molar-refractivity contribution in [2.24, 2.45) is 0 Å². The van der Waals surface area contributed by atoms with Crippen molar-refractivity contribution in [3.8, 4) is 11.5 Å². The van der Waals surface area contributed by atoms with Crippen LogP contribution in [0.2, 0.25) is 5.02 Å². The zero-order chi connectivity index (χ0) is 24.6. The number of benzene rings is 2. The van der Waals surface area contributed by atoms with Crippen LogP contribution in [0.3, 0.4) is 0 Å². The van der Waals surface area contributed by atoms with E-state index in [9.17, 15) is 15.0 Å². The number of fused-ring (bicyclic) bond motifs is 1. The van der Waals surface area contributed by atoms with Gasteiger partial charge in [0, 0.05) is 16.1 Å². The third kappa shape index (κ3) is 4.62. The standard InChI is InChI=1S/C25H26ClN3O5S/c1-24(12-30,13-31)29-21(16-4-2-3-5-17(16)26)20-11-27-23(35-20)28-22(32)25(8-9-25)15-6-7-18-19(10-15)34-14-33-18/h2-7,10-11,21,29-31H,8-9,12-14H2,1H3,(H,27,28,32). The van der Waals surface area contributed by atoms with Crippen LogP contribution in [0.1, 0.15) is 41.8 Å². The van der Waals surface area contributed by atoms with Gasteiger partial charge in [0.15, 0.2) is 16.6 Å². The molecule has 8 nitrogen and oxygen atoms in total. The monoisotopic (exact) mass is 515 g/mol. The van der Waals surface area contributed by atoms with Crippen molar-refractivity contribution in [2.45, 2.75) is 36.8 Å². The van der Waals surface area contributed by atoms with Gasteiger partial charge in [-0.3, -0.25) is 10.1 Å². The summed E-state index contributed by atoms with van der Waals surface area (Å²) >= 11 is 7.80. The highest BCUT2D eigenvalue weighted by atomic mass is 35.5. The van der Waals surface area contributed by atoms with Gasteiger partial charge in [-0.1, -0.05) is 47.2 Å². The first-order chi connectivity index (χ1) is 16.9. The molecule has 5 rings (SSSR count). The van der Waals surface area contributed by atoms with Crippen LogP contribution in [0.25, 0.3) is 0 Å². The predicted octanol–water partition coefficient (Wildman–Crippen LogP) is 3.62. The molecule has 0 radical (unpaired) electrons. The number of rotatable bonds is 9. The number of halogens is 1. The quantitative estimate of drug-likeness (QED) is 0.344. The number of thiazole rings is 1. The van der Waals surface area contributed by atoms with E-state index >= 15 is 0 Å². The van der Waals surface area contributed by atoms with Gasteiger partial charge in [-0.25, -0.2) is 4.98 Å². The molecule has 0 spiro atoms. The molecule has 2 heterocycles. The average Bonchev–Trinajstić information content (AvgIpc) is 3.33. The fourth-order valence-electron chi connectivity index (χ4n) is 4.16. The highest BCUT2D eigenvalue weighted by Gasteiger charge is 2.52. The molecule has 4 N–H and O–H groups in total. The molecule has 3 aromatic rings. The second-order valence-electron chi connectivity index (χ2n) is 9.15. The zero-order valence-corrected chi connectivity index (χ0v) is 20.7. The normalized spacial score (nSPS) is 16.7. The molecule has 35 heavy (non-hydrogen) atoms. The van der Waals surface area contributed by atoms with Crippen LogP contribution < -0.4 is 20.1 Å². The van der Waals surface area contributed by atoms with Gasteiger partial charge in [0.1, 0.15) is 0 Å². The van der Waals surface area contributed by atoms with Crippen molar-refractivity contribution < 1.29 is 24.5 Å². The second-order valence-corrected chi connectivity index (χ2v) is 10.6. The first-order valence-electron chi connectivity index (χ1n) is 11.3. The van der Waals surface area contributed by atoms with Gasteiger partial charge in [-0.05, 0) is 49.1 Å². The Morgan fingerprint density at radius 2 is 1.94 bits per heavy atom. The van der Waals surface area contributed by atoms with E-state index in [1.807, 2.05) is 36.4 Å². The van der Waals surface area contributed by atoms with E-state index < -0.39 is 17.0 Å². The summed E-state index contributed by atoms with van der Waals surface area (Å²) in [5, 5.41) is 27.0. The van der Waals surface area contributed by atoms with Crippen molar-refractivity contribution in [2.75, 3.05) is 25.3 Å². The summed E-state index contributed by atoms with van der Waals surface area (Å²) in [4.78, 5) is 18.5. The van der Waals surface area contributed by atoms with E-state index in [1.54, 1.807) is 19.2 Å². The highest BCUT2D eigenvalue weighted by molar-refractivity contribution is 7.15. The number of carbonyl (C=O) groups is 1. The molecule has 1 aromatic heterocycles. The molecule has 1 amide bonds. The number of aliphatic hydroxyl groups excluding tert-OH is 2. The topological polar surface area (TPSA) is 113 Å². The van der Waals surface area contributed by atoms with Crippen LogP contribution in [0.15, 0.2) is 48.7 Å². The minimum Gasteiger partial charge on any atom is -0.454 e. The Morgan fingerprint density at radius 3 is 2.66 bits per heavy atom. The lowest BCUT2D eigenvalue weighted by atomic mass is 9.94. The lowest BCUT2D eigenvalue weighted by Crippen LogP contribution is -2.50. The number of anilines is 1. The number of carbonyl (C=O) groups excluding carboxylic acids is 1. The minimum absolute atomic E-state index is 0.116. The summed E-state index contributed by atoms with van der Waals surface area (Å²) in [6.07, 6.45) is 3.16. The predicted molar refractivity (Wildman–Crippen MR) is 133 cm³/mol. The van der Waals surface area contributed by atoms with Crippen LogP contribution in [-0.2, 0) is 10.2 Å². The number of nitrogens with one attached hydrogen (secondary N) is 2. The molecule has 1 aliphatic carbocycles. The Kier molecular flexibility index (Phi) is 6.45. The maximum atomic E-state index is 13.3. The summed E-state index contributed by atoms with van der Waals surface area (Å²) in [5.41, 5.74) is 0.116. The van der Waals surface area contributed by atoms with Crippen molar-refractivity contribution in [3.05, 3.63) is 69.7 Å². The summed E-state index contributed by atoms with van der Waals surface area (Å²) in [6, 6.07) is 12.6. The van der Waals surface area contributed by atoms with Crippen LogP contribution in [0, 0.1) is 0 Å². The third-order valence-electron chi connectivity index (χ3n) is 6.55. The Balaban J connectivity index is 1.38. The van der Waals surface area contributed by atoms with Crippen molar-refractivity contribution in [3.63, 3.8) is 0 Å². The van der Waals surface area contributed by atoms with E-state index in [4.69, 9.17) is 21.1 Å². The third-order valence-corrected chi connectivity index (χ3v) is 7.87. The molecule has 2 aliphatic rings. The van der Waals surface area contributed by atoms with Gasteiger partial charge in [0.2, 0.25) is 12.7 Å². The molecule has 1 unspecified atom stereocenters. The first kappa shape index (κ1) is 24.0. The van der Waals surface area contributed by atoms with Gasteiger partial charge in [-0.2, -0.15) is 0 Å². The van der Waals surface area contributed by atoms with Gasteiger partial charge in [0.05, 0.1) is 30.2 Å². The molecule has 2 aromatic carbocycles. The fourth-order valence-corrected chi connectivity index (χ4v) is 5.29. The smallest absolute Gasteiger partial charge is 0.236 e. The summed E-state index contributed by atoms with van der Waals surface area (Å²) in [7, 11) is 0. The first-order valence-corrected chi connectivity index (χ1v) is 12.5. The zero-order valence-electron chi connectivity index (χ0n) is 19.1. The SMILES string of the molecule is CC(CO)(CO)NC(c1cnc(NC(=O)C2(c3ccc4c(c3)OCO4)CC2)s1)c1ccccc1Cl. The maximum absolute atomic E-state index is 13.3. The molecule has 1 saturated carbocycles. The van der Waals surface area contributed by atoms with Crippen molar-refractivity contribution in [1.29, 1.82) is 0 Å². The van der Waals surface area contributed by atoms with Crippen LogP contribution in [0.5, 0.6) is 11.5 Å². The van der Waals surface area contributed by atoms with Crippen LogP contribution >= 0.6 is 22.9 Å². The number of ether oxygens (including phenoxy) is 2. The number of amides is 1. The van der Waals surface area contributed by atoms with Crippen LogP contribution in [-0.4, -0.2) is 46.6 Å². The highest BCUT2D eigenvalue weighted by Crippen LogP contribution is 2.51. The molecular formula is C25H26ClN3O5S. The van der Waals surface area contributed by atoms with E-state index in [0.717, 1.165) is 28.8 Å². The minimum atomic E-state index is -0.950. The van der Waals surface area contributed by atoms with E-state index in [-0.39, 0.29) is 25.9 Å². The molecule has 1 aliphatic heterocycles. The van der Waals surface area contributed by atoms with Crippen molar-refractivity contribution in [1.82, 2.24) is 10.3 Å². The van der Waals surface area contributed by atoms with E-state index in [1.165, 1.54) is 11.3 Å². The number of aromatic nitrogens is 1. The Labute approximate surface area is 211 Å². The number of nitrogens with zero attached hydrogens (tertiary/aromatic N) is 1. The molecule has 1 fully saturated rings. The van der Waals surface area contributed by atoms with Gasteiger partial charge >= 0.3 is 0 Å². The summed E-state index contributed by atoms with van der Waals surface area (Å²) < 4.78 is 10.9. The Morgan fingerprint density at radius 1 is 1.20 bits per heavy atom. The molecule has 1 atom stereocenters. The van der Waals surface area contributed by atoms with E-state index in [2.05, 4.69) is 15.6 Å². The number of aliphatic hydroxyl groups is 2. The Hall–Kier alpha value is -2.69. The fraction of sp³-hybridized carbons (Fsp3) is 0.360. The number of hydrogen-bond acceptors (Lipinski definition) is 8. The molecule has 0 bridgehead atoms. The molecule has 184 valence electrons. The summed E-state index contributed by atoms with van der Waals surface area (Å²) in [5.74, 6) is 1.23. The molecule has 0 saturated heterocycles. The average molecular weight is 516 g/mol. The van der Waals surface area contributed by atoms with Gasteiger partial charge < -0.3 is 25.0 Å². The largest absolute Gasteiger partial charge is 0.454 e. The lowest BCUT2D eigenvalue weighted by Gasteiger charge is -2.32. The van der Waals surface area contributed by atoms with Gasteiger partial charge in [0.25, 0.3) is 0 Å². The van der Waals surface area contributed by atoms with Gasteiger partial charge in [-0.15, -0.1) is 0 Å². The maximum Gasteiger partial charge on any atom is 0.236 e. The van der Waals surface area contributed by atoms with E-state index in [0.29, 0.717) is 21.7 Å². The molecule has 10 heteroatoms. The second kappa shape index (κ2) is 9.40. The molecular weight excluding hydrogens is 490 g/mol. The van der Waals surface area contributed by atoms with Crippen molar-refractivity contribution >= 4 is 34.0 Å². The number of hydrogen-bond donors (Lipinski definition) is 4.